The van der Waals surface area contributed by atoms with Crippen molar-refractivity contribution in [1.82, 2.24) is 15.8 Å². The Morgan fingerprint density at radius 3 is 2.62 bits per heavy atom. The van der Waals surface area contributed by atoms with Crippen molar-refractivity contribution in [2.45, 2.75) is 44.2 Å². The third-order valence-electron chi connectivity index (χ3n) is 5.22. The van der Waals surface area contributed by atoms with E-state index in [0.29, 0.717) is 18.3 Å². The van der Waals surface area contributed by atoms with Crippen LogP contribution in [0.5, 0.6) is 0 Å². The van der Waals surface area contributed by atoms with Gasteiger partial charge >= 0.3 is 6.03 Å². The second-order valence-electron chi connectivity index (χ2n) is 7.54. The van der Waals surface area contributed by atoms with Gasteiger partial charge in [-0.15, -0.1) is 0 Å². The van der Waals surface area contributed by atoms with Crippen molar-refractivity contribution < 1.29 is 13.6 Å². The van der Waals surface area contributed by atoms with E-state index in [2.05, 4.69) is 16.2 Å². The fourth-order valence-corrected chi connectivity index (χ4v) is 3.53. The molecule has 2 aromatic carbocycles. The molecule has 0 bridgehead atoms. The van der Waals surface area contributed by atoms with Crippen LogP contribution in [-0.4, -0.2) is 30.6 Å². The Balaban J connectivity index is 1.29. The van der Waals surface area contributed by atoms with Crippen LogP contribution in [0.4, 0.5) is 19.3 Å². The molecule has 1 aliphatic rings. The van der Waals surface area contributed by atoms with Gasteiger partial charge in [0, 0.05) is 31.4 Å². The van der Waals surface area contributed by atoms with Crippen molar-refractivity contribution >= 4 is 11.7 Å². The van der Waals surface area contributed by atoms with E-state index in [1.807, 2.05) is 12.1 Å². The Hall–Kier alpha value is -2.51. The minimum Gasteiger partial charge on any atom is -0.328 e. The number of carbonyl (C=O) groups excluding carboxylic acids is 1. The van der Waals surface area contributed by atoms with Crippen LogP contribution in [0.3, 0.4) is 0 Å². The summed E-state index contributed by atoms with van der Waals surface area (Å²) in [6.45, 7) is 0.649. The third-order valence-corrected chi connectivity index (χ3v) is 5.22. The van der Waals surface area contributed by atoms with Crippen LogP contribution in [0.1, 0.15) is 43.7 Å². The van der Waals surface area contributed by atoms with Gasteiger partial charge < -0.3 is 10.2 Å². The first-order valence-electron chi connectivity index (χ1n) is 10.1. The van der Waals surface area contributed by atoms with Crippen LogP contribution in [0.25, 0.3) is 0 Å². The molecular weight excluding hydrogens is 374 g/mol. The minimum atomic E-state index is -0.373. The molecule has 7 heteroatoms. The van der Waals surface area contributed by atoms with Gasteiger partial charge in [0.05, 0.1) is 0 Å². The molecule has 5 nitrogen and oxygen atoms in total. The average Bonchev–Trinajstić information content (AvgIpc) is 3.17. The highest BCUT2D eigenvalue weighted by molar-refractivity contribution is 5.89. The van der Waals surface area contributed by atoms with Crippen LogP contribution in [0.2, 0.25) is 0 Å². The highest BCUT2D eigenvalue weighted by Gasteiger charge is 2.24. The maximum atomic E-state index is 13.2. The molecular formula is C22H28F2N4O. The minimum absolute atomic E-state index is 0.207. The molecule has 2 atom stereocenters. The van der Waals surface area contributed by atoms with Crippen LogP contribution >= 0.6 is 0 Å². The number of nitrogens with one attached hydrogen (secondary N) is 3. The van der Waals surface area contributed by atoms with E-state index in [4.69, 9.17) is 0 Å². The first kappa shape index (κ1) is 21.2. The van der Waals surface area contributed by atoms with Gasteiger partial charge in [-0.2, -0.15) is 0 Å². The molecule has 3 rings (SSSR count). The maximum absolute atomic E-state index is 13.2. The van der Waals surface area contributed by atoms with Crippen LogP contribution in [-0.2, 0) is 0 Å². The SMILES string of the molecule is CN(CCCCCC1CC(c2ccc(F)cc2)NN1)C(=O)Nc1cccc(F)c1. The number of unbranched alkanes of at least 4 members (excludes halogenated alkanes) is 2. The third kappa shape index (κ3) is 6.51. The van der Waals surface area contributed by atoms with Gasteiger partial charge in [0.25, 0.3) is 0 Å². The molecule has 0 spiro atoms. The van der Waals surface area contributed by atoms with Gasteiger partial charge in [-0.05, 0) is 55.2 Å². The smallest absolute Gasteiger partial charge is 0.321 e. The summed E-state index contributed by atoms with van der Waals surface area (Å²) in [6, 6.07) is 12.9. The number of halogens is 2. The Bertz CT molecular complexity index is 800. The molecule has 0 saturated carbocycles. The Kier molecular flexibility index (Phi) is 7.55. The zero-order valence-electron chi connectivity index (χ0n) is 16.6. The number of nitrogens with zero attached hydrogens (tertiary/aromatic N) is 1. The second kappa shape index (κ2) is 10.3. The van der Waals surface area contributed by atoms with Crippen LogP contribution < -0.4 is 16.2 Å². The molecule has 156 valence electrons. The Morgan fingerprint density at radius 1 is 1.07 bits per heavy atom. The van der Waals surface area contributed by atoms with E-state index in [9.17, 15) is 13.6 Å². The number of hydrogen-bond acceptors (Lipinski definition) is 3. The van der Waals surface area contributed by atoms with Gasteiger partial charge in [-0.3, -0.25) is 10.9 Å². The molecule has 0 aliphatic carbocycles. The standard InChI is InChI=1S/C22H28F2N4O/c1-28(22(29)25-19-8-5-6-18(24)14-19)13-4-2-3-7-20-15-21(27-26-20)16-9-11-17(23)12-10-16/h5-6,8-12,14,20-21,26-27H,2-4,7,13,15H2,1H3,(H,25,29). The van der Waals surface area contributed by atoms with Gasteiger partial charge in [0.1, 0.15) is 11.6 Å². The Morgan fingerprint density at radius 2 is 1.86 bits per heavy atom. The summed E-state index contributed by atoms with van der Waals surface area (Å²) in [5, 5.41) is 2.70. The molecule has 2 amide bonds. The summed E-state index contributed by atoms with van der Waals surface area (Å²) in [7, 11) is 1.74. The summed E-state index contributed by atoms with van der Waals surface area (Å²) in [4.78, 5) is 13.8. The predicted molar refractivity (Wildman–Crippen MR) is 110 cm³/mol. The predicted octanol–water partition coefficient (Wildman–Crippen LogP) is 4.60. The lowest BCUT2D eigenvalue weighted by atomic mass is 9.99. The molecule has 3 N–H and O–H groups in total. The van der Waals surface area contributed by atoms with E-state index >= 15 is 0 Å². The van der Waals surface area contributed by atoms with E-state index in [1.165, 1.54) is 24.3 Å². The molecule has 1 aliphatic heterocycles. The summed E-state index contributed by atoms with van der Waals surface area (Å²) in [5.41, 5.74) is 8.15. The summed E-state index contributed by atoms with van der Waals surface area (Å²) < 4.78 is 26.2. The maximum Gasteiger partial charge on any atom is 0.321 e. The Labute approximate surface area is 170 Å². The van der Waals surface area contributed by atoms with Crippen molar-refractivity contribution in [3.05, 3.63) is 65.7 Å². The van der Waals surface area contributed by atoms with E-state index < -0.39 is 0 Å². The van der Waals surface area contributed by atoms with E-state index in [0.717, 1.165) is 37.7 Å². The molecule has 0 radical (unpaired) electrons. The van der Waals surface area contributed by atoms with Crippen molar-refractivity contribution in [2.24, 2.45) is 0 Å². The van der Waals surface area contributed by atoms with Crippen molar-refractivity contribution in [1.29, 1.82) is 0 Å². The summed E-state index contributed by atoms with van der Waals surface area (Å²) in [6.07, 6.45) is 5.02. The molecule has 2 aromatic rings. The number of anilines is 1. The van der Waals surface area contributed by atoms with Crippen molar-refractivity contribution in [3.8, 4) is 0 Å². The number of urea groups is 1. The first-order chi connectivity index (χ1) is 14.0. The molecule has 29 heavy (non-hydrogen) atoms. The monoisotopic (exact) mass is 402 g/mol. The fraction of sp³-hybridized carbons (Fsp3) is 0.409. The topological polar surface area (TPSA) is 56.4 Å². The molecule has 1 saturated heterocycles. The van der Waals surface area contributed by atoms with Gasteiger partial charge in [0.15, 0.2) is 0 Å². The van der Waals surface area contributed by atoms with Crippen molar-refractivity contribution in [2.75, 3.05) is 18.9 Å². The fourth-order valence-electron chi connectivity index (χ4n) is 3.53. The van der Waals surface area contributed by atoms with Gasteiger partial charge in [-0.1, -0.05) is 31.0 Å². The zero-order valence-corrected chi connectivity index (χ0v) is 16.6. The number of amides is 2. The molecule has 1 heterocycles. The number of benzene rings is 2. The molecule has 1 fully saturated rings. The molecule has 2 unspecified atom stereocenters. The quantitative estimate of drug-likeness (QED) is 0.566. The normalized spacial score (nSPS) is 18.6. The number of hydrogen-bond donors (Lipinski definition) is 3. The van der Waals surface area contributed by atoms with Gasteiger partial charge in [-0.25, -0.2) is 13.6 Å². The van der Waals surface area contributed by atoms with Gasteiger partial charge in [0.2, 0.25) is 0 Å². The van der Waals surface area contributed by atoms with E-state index in [-0.39, 0.29) is 23.7 Å². The van der Waals surface area contributed by atoms with Crippen molar-refractivity contribution in [3.63, 3.8) is 0 Å². The molecule has 0 aromatic heterocycles. The lowest BCUT2D eigenvalue weighted by Crippen LogP contribution is -2.32. The number of hydrazine groups is 1. The highest BCUT2D eigenvalue weighted by Crippen LogP contribution is 2.24. The van der Waals surface area contributed by atoms with Crippen LogP contribution in [0.15, 0.2) is 48.5 Å². The van der Waals surface area contributed by atoms with Crippen LogP contribution in [0, 0.1) is 11.6 Å². The zero-order chi connectivity index (χ0) is 20.6. The summed E-state index contributed by atoms with van der Waals surface area (Å²) in [5.74, 6) is -0.590. The van der Waals surface area contributed by atoms with E-state index in [1.54, 1.807) is 24.1 Å². The number of carbonyl (C=O) groups is 1. The lowest BCUT2D eigenvalue weighted by Gasteiger charge is -2.18. The average molecular weight is 402 g/mol. The first-order valence-corrected chi connectivity index (χ1v) is 10.1. The highest BCUT2D eigenvalue weighted by atomic mass is 19.1. The lowest BCUT2D eigenvalue weighted by molar-refractivity contribution is 0.221. The number of rotatable bonds is 8. The second-order valence-corrected chi connectivity index (χ2v) is 7.54. The largest absolute Gasteiger partial charge is 0.328 e. The summed E-state index contributed by atoms with van der Waals surface area (Å²) >= 11 is 0.